The highest BCUT2D eigenvalue weighted by molar-refractivity contribution is 5.82. The van der Waals surface area contributed by atoms with Crippen molar-refractivity contribution in [3.63, 3.8) is 0 Å². The molecule has 1 rings (SSSR count). The molecule has 1 aliphatic rings. The van der Waals surface area contributed by atoms with Gasteiger partial charge >= 0.3 is 5.97 Å². The molecular weight excluding hydrogens is 154 g/mol. The minimum atomic E-state index is -1.24. The average molecular weight is 163 g/mol. The minimum Gasteiger partial charge on any atom is -0.480 e. The van der Waals surface area contributed by atoms with Crippen molar-refractivity contribution in [3.8, 4) is 12.3 Å². The zero-order valence-electron chi connectivity index (χ0n) is 6.45. The first-order chi connectivity index (χ1) is 5.60. The predicted molar refractivity (Wildman–Crippen MR) is 44.9 cm³/mol. The van der Waals surface area contributed by atoms with Gasteiger partial charge in [0.2, 0.25) is 0 Å². The fraction of sp³-hybridized carbons (Fsp3) is 0.222. The van der Waals surface area contributed by atoms with E-state index in [0.29, 0.717) is 5.70 Å². The SMILES string of the molecule is C#CC1(C(=O)O)C=CC=C(N)C1. The highest BCUT2D eigenvalue weighted by Gasteiger charge is 2.35. The van der Waals surface area contributed by atoms with Crippen LogP contribution in [0.2, 0.25) is 0 Å². The van der Waals surface area contributed by atoms with Crippen LogP contribution in [0.25, 0.3) is 0 Å². The van der Waals surface area contributed by atoms with E-state index in [4.69, 9.17) is 17.3 Å². The number of rotatable bonds is 1. The number of nitrogens with two attached hydrogens (primary N) is 1. The van der Waals surface area contributed by atoms with Crippen LogP contribution in [0.5, 0.6) is 0 Å². The maximum absolute atomic E-state index is 10.8. The molecule has 3 heteroatoms. The van der Waals surface area contributed by atoms with Crippen LogP contribution < -0.4 is 5.73 Å². The molecule has 0 spiro atoms. The number of aliphatic carboxylic acids is 1. The lowest BCUT2D eigenvalue weighted by atomic mass is 9.81. The van der Waals surface area contributed by atoms with Gasteiger partial charge in [0.15, 0.2) is 5.41 Å². The fourth-order valence-corrected chi connectivity index (χ4v) is 1.08. The molecule has 0 amide bonds. The molecule has 0 heterocycles. The van der Waals surface area contributed by atoms with E-state index in [1.807, 2.05) is 0 Å². The summed E-state index contributed by atoms with van der Waals surface area (Å²) in [7, 11) is 0. The number of hydrogen-bond acceptors (Lipinski definition) is 2. The molecular formula is C9H9NO2. The van der Waals surface area contributed by atoms with Crippen molar-refractivity contribution in [3.05, 3.63) is 23.9 Å². The molecule has 0 radical (unpaired) electrons. The highest BCUT2D eigenvalue weighted by atomic mass is 16.4. The third-order valence-corrected chi connectivity index (χ3v) is 1.81. The van der Waals surface area contributed by atoms with E-state index in [2.05, 4.69) is 5.92 Å². The van der Waals surface area contributed by atoms with Crippen molar-refractivity contribution in [2.75, 3.05) is 0 Å². The molecule has 12 heavy (non-hydrogen) atoms. The fourth-order valence-electron chi connectivity index (χ4n) is 1.08. The first kappa shape index (κ1) is 8.41. The van der Waals surface area contributed by atoms with Crippen LogP contribution in [0.1, 0.15) is 6.42 Å². The van der Waals surface area contributed by atoms with Crippen LogP contribution in [-0.2, 0) is 4.79 Å². The largest absolute Gasteiger partial charge is 0.480 e. The second-order valence-corrected chi connectivity index (χ2v) is 2.70. The van der Waals surface area contributed by atoms with E-state index < -0.39 is 11.4 Å². The molecule has 0 saturated heterocycles. The van der Waals surface area contributed by atoms with E-state index in [1.54, 1.807) is 12.2 Å². The average Bonchev–Trinajstić information content (AvgIpc) is 2.04. The number of carboxylic acid groups (broad SMARTS) is 1. The van der Waals surface area contributed by atoms with Gasteiger partial charge in [-0.15, -0.1) is 6.42 Å². The second kappa shape index (κ2) is 2.74. The van der Waals surface area contributed by atoms with Gasteiger partial charge < -0.3 is 10.8 Å². The Morgan fingerprint density at radius 3 is 2.83 bits per heavy atom. The number of hydrogen-bond donors (Lipinski definition) is 2. The van der Waals surface area contributed by atoms with Crippen molar-refractivity contribution < 1.29 is 9.90 Å². The molecule has 0 aliphatic heterocycles. The molecule has 3 nitrogen and oxygen atoms in total. The van der Waals surface area contributed by atoms with E-state index in [0.717, 1.165) is 0 Å². The lowest BCUT2D eigenvalue weighted by Crippen LogP contribution is -2.30. The van der Waals surface area contributed by atoms with E-state index in [-0.39, 0.29) is 6.42 Å². The van der Waals surface area contributed by atoms with Gasteiger partial charge in [0.25, 0.3) is 0 Å². The molecule has 62 valence electrons. The van der Waals surface area contributed by atoms with Crippen LogP contribution in [0.4, 0.5) is 0 Å². The molecule has 0 saturated carbocycles. The summed E-state index contributed by atoms with van der Waals surface area (Å²) in [5.41, 5.74) is 4.74. The molecule has 1 unspecified atom stereocenters. The van der Waals surface area contributed by atoms with Crippen LogP contribution in [-0.4, -0.2) is 11.1 Å². The Kier molecular flexibility index (Phi) is 1.92. The maximum Gasteiger partial charge on any atom is 0.326 e. The molecule has 0 aromatic rings. The molecule has 3 N–H and O–H groups in total. The topological polar surface area (TPSA) is 63.3 Å². The summed E-state index contributed by atoms with van der Waals surface area (Å²) in [6.45, 7) is 0. The van der Waals surface area contributed by atoms with Crippen molar-refractivity contribution in [2.45, 2.75) is 6.42 Å². The Morgan fingerprint density at radius 2 is 2.50 bits per heavy atom. The van der Waals surface area contributed by atoms with Gasteiger partial charge in [0.1, 0.15) is 0 Å². The predicted octanol–water partition coefficient (Wildman–Crippen LogP) is 0.493. The third kappa shape index (κ3) is 1.19. The summed E-state index contributed by atoms with van der Waals surface area (Å²) in [6, 6.07) is 0. The molecule has 0 aromatic heterocycles. The summed E-state index contributed by atoms with van der Waals surface area (Å²) in [5, 5.41) is 8.83. The lowest BCUT2D eigenvalue weighted by molar-refractivity contribution is -0.143. The van der Waals surface area contributed by atoms with Gasteiger partial charge in [-0.1, -0.05) is 18.1 Å². The second-order valence-electron chi connectivity index (χ2n) is 2.70. The van der Waals surface area contributed by atoms with E-state index in [1.165, 1.54) is 6.08 Å². The number of allylic oxidation sites excluding steroid dienone is 3. The number of terminal acetylenes is 1. The zero-order valence-corrected chi connectivity index (χ0v) is 6.45. The number of carbonyl (C=O) groups is 1. The summed E-state index contributed by atoms with van der Waals surface area (Å²) >= 11 is 0. The number of carboxylic acids is 1. The van der Waals surface area contributed by atoms with Crippen LogP contribution in [0.15, 0.2) is 23.9 Å². The Bertz CT molecular complexity index is 309. The summed E-state index contributed by atoms with van der Waals surface area (Å²) in [6.07, 6.45) is 10.0. The van der Waals surface area contributed by atoms with Crippen molar-refractivity contribution >= 4 is 5.97 Å². The quantitative estimate of drug-likeness (QED) is 0.553. The van der Waals surface area contributed by atoms with Crippen molar-refractivity contribution in [2.24, 2.45) is 11.1 Å². The highest BCUT2D eigenvalue weighted by Crippen LogP contribution is 2.29. The Labute approximate surface area is 70.6 Å². The smallest absolute Gasteiger partial charge is 0.326 e. The third-order valence-electron chi connectivity index (χ3n) is 1.81. The monoisotopic (exact) mass is 163 g/mol. The van der Waals surface area contributed by atoms with Gasteiger partial charge in [-0.2, -0.15) is 0 Å². The van der Waals surface area contributed by atoms with Gasteiger partial charge in [-0.25, -0.2) is 0 Å². The Balaban J connectivity index is 3.02. The van der Waals surface area contributed by atoms with Gasteiger partial charge in [0.05, 0.1) is 0 Å². The first-order valence-corrected chi connectivity index (χ1v) is 3.46. The van der Waals surface area contributed by atoms with Gasteiger partial charge in [-0.05, 0) is 6.08 Å². The molecule has 0 bridgehead atoms. The Morgan fingerprint density at radius 1 is 1.83 bits per heavy atom. The maximum atomic E-state index is 10.8. The van der Waals surface area contributed by atoms with Crippen LogP contribution in [0.3, 0.4) is 0 Å². The van der Waals surface area contributed by atoms with Crippen molar-refractivity contribution in [1.82, 2.24) is 0 Å². The van der Waals surface area contributed by atoms with Crippen LogP contribution >= 0.6 is 0 Å². The molecule has 0 fully saturated rings. The minimum absolute atomic E-state index is 0.190. The van der Waals surface area contributed by atoms with E-state index >= 15 is 0 Å². The zero-order chi connectivity index (χ0) is 9.19. The summed E-state index contributed by atoms with van der Waals surface area (Å²) in [4.78, 5) is 10.8. The molecule has 0 aromatic carbocycles. The van der Waals surface area contributed by atoms with Gasteiger partial charge in [-0.3, -0.25) is 4.79 Å². The van der Waals surface area contributed by atoms with Crippen LogP contribution in [0, 0.1) is 17.8 Å². The lowest BCUT2D eigenvalue weighted by Gasteiger charge is -2.21. The Hall–Kier alpha value is -1.69. The van der Waals surface area contributed by atoms with E-state index in [9.17, 15) is 4.79 Å². The standard InChI is InChI=1S/C9H9NO2/c1-2-9(8(11)12)5-3-4-7(10)6-9/h1,3-5H,6,10H2,(H,11,12). The van der Waals surface area contributed by atoms with Gasteiger partial charge in [0, 0.05) is 12.1 Å². The normalized spacial score (nSPS) is 27.4. The van der Waals surface area contributed by atoms with Crippen molar-refractivity contribution in [1.29, 1.82) is 0 Å². The summed E-state index contributed by atoms with van der Waals surface area (Å²) < 4.78 is 0. The molecule has 1 atom stereocenters. The first-order valence-electron chi connectivity index (χ1n) is 3.46. The molecule has 1 aliphatic carbocycles. The summed E-state index contributed by atoms with van der Waals surface area (Å²) in [5.74, 6) is 1.21.